The third-order valence-electron chi connectivity index (χ3n) is 4.91. The zero-order valence-electron chi connectivity index (χ0n) is 14.5. The molecule has 0 aliphatic carbocycles. The second-order valence-electron chi connectivity index (χ2n) is 6.94. The molecular formula is C19H22N4O3. The number of H-pyrrole nitrogens is 1. The molecule has 0 saturated heterocycles. The van der Waals surface area contributed by atoms with Crippen molar-refractivity contribution in [3.8, 4) is 11.5 Å². The molecule has 4 rings (SSSR count). The van der Waals surface area contributed by atoms with Crippen LogP contribution in [0.3, 0.4) is 0 Å². The fourth-order valence-electron chi connectivity index (χ4n) is 3.65. The number of rotatable bonds is 3. The smallest absolute Gasteiger partial charge is 0.255 e. The molecule has 3 N–H and O–H groups in total. The Morgan fingerprint density at radius 3 is 2.65 bits per heavy atom. The maximum atomic E-state index is 12.6. The summed E-state index contributed by atoms with van der Waals surface area (Å²) in [4.78, 5) is 26.8. The molecule has 0 bridgehead atoms. The van der Waals surface area contributed by atoms with Gasteiger partial charge in [0, 0.05) is 38.7 Å². The van der Waals surface area contributed by atoms with E-state index in [2.05, 4.69) is 19.9 Å². The van der Waals surface area contributed by atoms with E-state index in [4.69, 9.17) is 0 Å². The molecule has 0 atom stereocenters. The Bertz CT molecular complexity index is 899. The zero-order chi connectivity index (χ0) is 18.1. The molecule has 2 aliphatic heterocycles. The number of phenolic OH excluding ortho intramolecular Hbond substituents is 2. The zero-order valence-corrected chi connectivity index (χ0v) is 14.5. The molecule has 2 aromatic rings. The minimum Gasteiger partial charge on any atom is -0.508 e. The van der Waals surface area contributed by atoms with Gasteiger partial charge in [0.15, 0.2) is 5.82 Å². The van der Waals surface area contributed by atoms with Crippen LogP contribution in [0.1, 0.15) is 41.9 Å². The van der Waals surface area contributed by atoms with Gasteiger partial charge < -0.3 is 15.2 Å². The quantitative estimate of drug-likeness (QED) is 0.779. The predicted octanol–water partition coefficient (Wildman–Crippen LogP) is 1.71. The summed E-state index contributed by atoms with van der Waals surface area (Å²) >= 11 is 0. The van der Waals surface area contributed by atoms with Gasteiger partial charge in [-0.3, -0.25) is 14.7 Å². The normalized spacial score (nSPS) is 17.6. The molecule has 0 spiro atoms. The first-order valence-corrected chi connectivity index (χ1v) is 8.98. The number of nitrogens with one attached hydrogen (secondary N) is 1. The first-order chi connectivity index (χ1) is 12.6. The van der Waals surface area contributed by atoms with Gasteiger partial charge in [0.2, 0.25) is 0 Å². The molecule has 7 nitrogen and oxygen atoms in total. The fraction of sp³-hybridized carbons (Fsp3) is 0.421. The van der Waals surface area contributed by atoms with Crippen LogP contribution < -0.4 is 5.56 Å². The van der Waals surface area contributed by atoms with Crippen LogP contribution in [0.5, 0.6) is 11.5 Å². The fourth-order valence-corrected chi connectivity index (χ4v) is 3.65. The van der Waals surface area contributed by atoms with Crippen LogP contribution in [0.25, 0.3) is 0 Å². The van der Waals surface area contributed by atoms with Crippen molar-refractivity contribution < 1.29 is 10.2 Å². The Morgan fingerprint density at radius 1 is 1.12 bits per heavy atom. The number of aromatic amines is 1. The maximum absolute atomic E-state index is 12.6. The van der Waals surface area contributed by atoms with Gasteiger partial charge in [-0.05, 0) is 37.0 Å². The van der Waals surface area contributed by atoms with Crippen LogP contribution in [0, 0.1) is 0 Å². The Labute approximate surface area is 151 Å². The van der Waals surface area contributed by atoms with Crippen LogP contribution in [-0.4, -0.2) is 43.9 Å². The van der Waals surface area contributed by atoms with E-state index in [1.165, 1.54) is 6.07 Å². The van der Waals surface area contributed by atoms with E-state index < -0.39 is 0 Å². The van der Waals surface area contributed by atoms with Crippen LogP contribution >= 0.6 is 0 Å². The summed E-state index contributed by atoms with van der Waals surface area (Å²) in [5.41, 5.74) is 3.17. The van der Waals surface area contributed by atoms with E-state index in [0.717, 1.165) is 49.3 Å². The predicted molar refractivity (Wildman–Crippen MR) is 97.7 cm³/mol. The molecule has 0 unspecified atom stereocenters. The topological polar surface area (TPSA) is 102 Å². The number of phenols is 2. The minimum atomic E-state index is -0.0956. The monoisotopic (exact) mass is 354 g/mol. The summed E-state index contributed by atoms with van der Waals surface area (Å²) in [6.45, 7) is 2.63. The van der Waals surface area contributed by atoms with Gasteiger partial charge in [-0.1, -0.05) is 0 Å². The minimum absolute atomic E-state index is 0.0369. The highest BCUT2D eigenvalue weighted by molar-refractivity contribution is 5.97. The number of hydrogen-bond donors (Lipinski definition) is 3. The van der Waals surface area contributed by atoms with Crippen molar-refractivity contribution in [2.45, 2.75) is 38.8 Å². The highest BCUT2D eigenvalue weighted by Gasteiger charge is 2.23. The highest BCUT2D eigenvalue weighted by Crippen LogP contribution is 2.23. The third kappa shape index (κ3) is 3.48. The standard InChI is InChI=1S/C19H22N4O3/c24-13-7-12(8-14(25)9-13)10-23-6-4-16-15(11-23)19(26)22-18(21-16)17-3-1-2-5-20-17/h7-9,24-25H,1-6,10-11H2,(H,21,22,26). The largest absolute Gasteiger partial charge is 0.508 e. The van der Waals surface area contributed by atoms with E-state index in [-0.39, 0.29) is 17.1 Å². The van der Waals surface area contributed by atoms with Crippen molar-refractivity contribution >= 4 is 5.71 Å². The van der Waals surface area contributed by atoms with Gasteiger partial charge in [-0.15, -0.1) is 0 Å². The number of aliphatic imine (C=N–C) groups is 1. The maximum Gasteiger partial charge on any atom is 0.255 e. The summed E-state index contributed by atoms with van der Waals surface area (Å²) in [6, 6.07) is 4.56. The van der Waals surface area contributed by atoms with Gasteiger partial charge in [-0.25, -0.2) is 4.98 Å². The van der Waals surface area contributed by atoms with Crippen molar-refractivity contribution in [2.24, 2.45) is 4.99 Å². The summed E-state index contributed by atoms with van der Waals surface area (Å²) in [7, 11) is 0. The van der Waals surface area contributed by atoms with E-state index in [9.17, 15) is 15.0 Å². The van der Waals surface area contributed by atoms with Crippen LogP contribution in [0.2, 0.25) is 0 Å². The second kappa shape index (κ2) is 6.92. The van der Waals surface area contributed by atoms with Gasteiger partial charge in [0.1, 0.15) is 11.5 Å². The van der Waals surface area contributed by atoms with Crippen LogP contribution in [0.15, 0.2) is 28.0 Å². The number of benzene rings is 1. The van der Waals surface area contributed by atoms with Crippen LogP contribution in [0.4, 0.5) is 0 Å². The van der Waals surface area contributed by atoms with E-state index in [0.29, 0.717) is 30.9 Å². The molecule has 3 heterocycles. The average Bonchev–Trinajstić information content (AvgIpc) is 2.62. The molecule has 0 radical (unpaired) electrons. The van der Waals surface area contributed by atoms with Crippen molar-refractivity contribution in [3.05, 3.63) is 51.2 Å². The van der Waals surface area contributed by atoms with Crippen molar-refractivity contribution in [2.75, 3.05) is 13.1 Å². The van der Waals surface area contributed by atoms with Crippen molar-refractivity contribution in [1.29, 1.82) is 0 Å². The number of hydrogen-bond acceptors (Lipinski definition) is 6. The molecule has 1 aromatic heterocycles. The lowest BCUT2D eigenvalue weighted by Gasteiger charge is -2.28. The summed E-state index contributed by atoms with van der Waals surface area (Å²) in [5, 5.41) is 19.2. The lowest BCUT2D eigenvalue weighted by Crippen LogP contribution is -2.36. The molecule has 0 amide bonds. The van der Waals surface area contributed by atoms with Crippen molar-refractivity contribution in [3.63, 3.8) is 0 Å². The first-order valence-electron chi connectivity index (χ1n) is 8.98. The number of nitrogens with zero attached hydrogens (tertiary/aromatic N) is 3. The number of aromatic hydroxyl groups is 2. The molecule has 2 aliphatic rings. The Kier molecular flexibility index (Phi) is 4.46. The van der Waals surface area contributed by atoms with Gasteiger partial charge in [-0.2, -0.15) is 0 Å². The highest BCUT2D eigenvalue weighted by atomic mass is 16.3. The Morgan fingerprint density at radius 2 is 1.92 bits per heavy atom. The van der Waals surface area contributed by atoms with Crippen LogP contribution in [-0.2, 0) is 19.5 Å². The Hall–Kier alpha value is -2.67. The number of fused-ring (bicyclic) bond motifs is 1. The van der Waals surface area contributed by atoms with Gasteiger partial charge >= 0.3 is 0 Å². The molecule has 26 heavy (non-hydrogen) atoms. The molecule has 1 aromatic carbocycles. The average molecular weight is 354 g/mol. The lowest BCUT2D eigenvalue weighted by atomic mass is 10.0. The van der Waals surface area contributed by atoms with E-state index in [1.807, 2.05) is 0 Å². The molecule has 136 valence electrons. The second-order valence-corrected chi connectivity index (χ2v) is 6.94. The first kappa shape index (κ1) is 16.8. The van der Waals surface area contributed by atoms with Gasteiger partial charge in [0.05, 0.1) is 17.0 Å². The van der Waals surface area contributed by atoms with E-state index >= 15 is 0 Å². The number of aromatic nitrogens is 2. The summed E-state index contributed by atoms with van der Waals surface area (Å²) < 4.78 is 0. The Balaban J connectivity index is 1.55. The molecule has 7 heteroatoms. The summed E-state index contributed by atoms with van der Waals surface area (Å²) in [5.74, 6) is 0.699. The van der Waals surface area contributed by atoms with Crippen molar-refractivity contribution in [1.82, 2.24) is 14.9 Å². The molecule has 0 fully saturated rings. The summed E-state index contributed by atoms with van der Waals surface area (Å²) in [6.07, 6.45) is 3.75. The molecular weight excluding hydrogens is 332 g/mol. The SMILES string of the molecule is O=c1[nH]c(C2=NCCCC2)nc2c1CN(Cc1cc(O)cc(O)c1)CC2. The van der Waals surface area contributed by atoms with E-state index in [1.54, 1.807) is 12.1 Å². The third-order valence-corrected chi connectivity index (χ3v) is 4.91. The lowest BCUT2D eigenvalue weighted by molar-refractivity contribution is 0.241. The molecule has 0 saturated carbocycles. The van der Waals surface area contributed by atoms with Gasteiger partial charge in [0.25, 0.3) is 5.56 Å².